The Labute approximate surface area is 82.2 Å². The maximum Gasteiger partial charge on any atom is 0.231 e. The summed E-state index contributed by atoms with van der Waals surface area (Å²) < 4.78 is 10.4. The molecule has 0 aromatic heterocycles. The topological polar surface area (TPSA) is 64.7 Å². The summed E-state index contributed by atoms with van der Waals surface area (Å²) in [7, 11) is 0. The van der Waals surface area contributed by atoms with Crippen LogP contribution in [-0.2, 0) is 0 Å². The van der Waals surface area contributed by atoms with Crippen molar-refractivity contribution in [1.29, 1.82) is 0 Å². The minimum Gasteiger partial charge on any atom is -0.454 e. The predicted molar refractivity (Wildman–Crippen MR) is 51.2 cm³/mol. The zero-order chi connectivity index (χ0) is 9.97. The fraction of sp³-hybridized carbons (Fsp3) is 0.400. The molecule has 0 saturated heterocycles. The minimum absolute atomic E-state index is 0.0929. The molecule has 1 atom stereocenters. The molecule has 1 heterocycles. The molecule has 0 saturated carbocycles. The molecule has 1 aromatic rings. The predicted octanol–water partition coefficient (Wildman–Crippen LogP) is 0.797. The highest BCUT2D eigenvalue weighted by atomic mass is 16.7. The lowest BCUT2D eigenvalue weighted by molar-refractivity contribution is 0.174. The molecule has 0 unspecified atom stereocenters. The standard InChI is InChI=1S/C10H13NO3/c11-8(3-4-12)7-1-2-9-10(5-7)14-6-13-9/h1-2,5,8,12H,3-4,6,11H2/t8-/m0/s1. The first kappa shape index (κ1) is 9.30. The molecular formula is C10H13NO3. The highest BCUT2D eigenvalue weighted by Gasteiger charge is 2.15. The van der Waals surface area contributed by atoms with Crippen LogP contribution in [0.15, 0.2) is 18.2 Å². The summed E-state index contributed by atoms with van der Waals surface area (Å²) >= 11 is 0. The van der Waals surface area contributed by atoms with E-state index in [0.29, 0.717) is 6.42 Å². The summed E-state index contributed by atoms with van der Waals surface area (Å²) in [4.78, 5) is 0. The number of aliphatic hydroxyl groups excluding tert-OH is 1. The van der Waals surface area contributed by atoms with Crippen LogP contribution in [0.3, 0.4) is 0 Å². The Kier molecular flexibility index (Phi) is 2.56. The van der Waals surface area contributed by atoms with E-state index in [-0.39, 0.29) is 19.4 Å². The fourth-order valence-electron chi connectivity index (χ4n) is 1.45. The summed E-state index contributed by atoms with van der Waals surface area (Å²) in [6.45, 7) is 0.365. The van der Waals surface area contributed by atoms with Gasteiger partial charge in [-0.25, -0.2) is 0 Å². The summed E-state index contributed by atoms with van der Waals surface area (Å²) in [6, 6.07) is 5.46. The third kappa shape index (κ3) is 1.66. The molecule has 0 radical (unpaired) electrons. The Morgan fingerprint density at radius 2 is 2.14 bits per heavy atom. The van der Waals surface area contributed by atoms with Gasteiger partial charge >= 0.3 is 0 Å². The molecule has 1 aliphatic rings. The highest BCUT2D eigenvalue weighted by Crippen LogP contribution is 2.34. The van der Waals surface area contributed by atoms with E-state index in [4.69, 9.17) is 20.3 Å². The maximum atomic E-state index is 8.76. The lowest BCUT2D eigenvalue weighted by Crippen LogP contribution is -2.11. The van der Waals surface area contributed by atoms with Gasteiger partial charge in [-0.15, -0.1) is 0 Å². The molecule has 1 aliphatic heterocycles. The van der Waals surface area contributed by atoms with Crippen molar-refractivity contribution in [3.05, 3.63) is 23.8 Å². The van der Waals surface area contributed by atoms with Crippen molar-refractivity contribution in [2.45, 2.75) is 12.5 Å². The Bertz CT molecular complexity index is 327. The van der Waals surface area contributed by atoms with Gasteiger partial charge in [-0.3, -0.25) is 0 Å². The van der Waals surface area contributed by atoms with E-state index < -0.39 is 0 Å². The smallest absolute Gasteiger partial charge is 0.231 e. The van der Waals surface area contributed by atoms with Gasteiger partial charge in [0.05, 0.1) is 0 Å². The second kappa shape index (κ2) is 3.86. The Morgan fingerprint density at radius 3 is 2.93 bits per heavy atom. The Hall–Kier alpha value is -1.26. The summed E-state index contributed by atoms with van der Waals surface area (Å²) in [6.07, 6.45) is 0.555. The van der Waals surface area contributed by atoms with Gasteiger partial charge < -0.3 is 20.3 Å². The number of hydrogen-bond donors (Lipinski definition) is 2. The van der Waals surface area contributed by atoms with Crippen LogP contribution in [0.1, 0.15) is 18.0 Å². The molecule has 0 fully saturated rings. The van der Waals surface area contributed by atoms with E-state index in [2.05, 4.69) is 0 Å². The van der Waals surface area contributed by atoms with E-state index in [1.165, 1.54) is 0 Å². The largest absolute Gasteiger partial charge is 0.454 e. The molecular weight excluding hydrogens is 182 g/mol. The van der Waals surface area contributed by atoms with Crippen LogP contribution in [0, 0.1) is 0 Å². The number of aliphatic hydroxyl groups is 1. The van der Waals surface area contributed by atoms with Crippen molar-refractivity contribution in [3.63, 3.8) is 0 Å². The first-order valence-corrected chi connectivity index (χ1v) is 4.57. The Morgan fingerprint density at radius 1 is 1.36 bits per heavy atom. The molecule has 0 bridgehead atoms. The van der Waals surface area contributed by atoms with Gasteiger partial charge in [-0.2, -0.15) is 0 Å². The lowest BCUT2D eigenvalue weighted by atomic mass is 10.0. The van der Waals surface area contributed by atoms with Crippen molar-refractivity contribution < 1.29 is 14.6 Å². The highest BCUT2D eigenvalue weighted by molar-refractivity contribution is 5.45. The van der Waals surface area contributed by atoms with Crippen LogP contribution in [0.2, 0.25) is 0 Å². The van der Waals surface area contributed by atoms with Gasteiger partial charge in [0.25, 0.3) is 0 Å². The van der Waals surface area contributed by atoms with Crippen molar-refractivity contribution in [1.82, 2.24) is 0 Å². The van der Waals surface area contributed by atoms with Crippen LogP contribution >= 0.6 is 0 Å². The monoisotopic (exact) mass is 195 g/mol. The summed E-state index contributed by atoms with van der Waals surface area (Å²) in [5.74, 6) is 1.49. The molecule has 3 N–H and O–H groups in total. The molecule has 4 heteroatoms. The van der Waals surface area contributed by atoms with Gasteiger partial charge in [0.1, 0.15) is 0 Å². The lowest BCUT2D eigenvalue weighted by Gasteiger charge is -2.10. The fourth-order valence-corrected chi connectivity index (χ4v) is 1.45. The van der Waals surface area contributed by atoms with Gasteiger partial charge in [-0.05, 0) is 24.1 Å². The molecule has 0 aliphatic carbocycles. The SMILES string of the molecule is N[C@@H](CCO)c1ccc2c(c1)OCO2. The molecule has 0 amide bonds. The van der Waals surface area contributed by atoms with E-state index >= 15 is 0 Å². The van der Waals surface area contributed by atoms with E-state index in [1.807, 2.05) is 18.2 Å². The maximum absolute atomic E-state index is 8.76. The van der Waals surface area contributed by atoms with Gasteiger partial charge in [-0.1, -0.05) is 6.07 Å². The van der Waals surface area contributed by atoms with Crippen LogP contribution in [-0.4, -0.2) is 18.5 Å². The van der Waals surface area contributed by atoms with E-state index in [0.717, 1.165) is 17.1 Å². The molecule has 1 aromatic carbocycles. The second-order valence-corrected chi connectivity index (χ2v) is 3.23. The quantitative estimate of drug-likeness (QED) is 0.748. The van der Waals surface area contributed by atoms with Gasteiger partial charge in [0.15, 0.2) is 11.5 Å². The molecule has 14 heavy (non-hydrogen) atoms. The number of benzene rings is 1. The molecule has 4 nitrogen and oxygen atoms in total. The Balaban J connectivity index is 2.19. The second-order valence-electron chi connectivity index (χ2n) is 3.23. The third-order valence-corrected chi connectivity index (χ3v) is 2.26. The normalized spacial score (nSPS) is 15.6. The van der Waals surface area contributed by atoms with E-state index in [9.17, 15) is 0 Å². The number of hydrogen-bond acceptors (Lipinski definition) is 4. The molecule has 2 rings (SSSR count). The van der Waals surface area contributed by atoms with Crippen molar-refractivity contribution in [2.75, 3.05) is 13.4 Å². The number of ether oxygens (including phenoxy) is 2. The zero-order valence-corrected chi connectivity index (χ0v) is 7.77. The van der Waals surface area contributed by atoms with Crippen LogP contribution < -0.4 is 15.2 Å². The number of fused-ring (bicyclic) bond motifs is 1. The van der Waals surface area contributed by atoms with Crippen LogP contribution in [0.4, 0.5) is 0 Å². The van der Waals surface area contributed by atoms with Crippen LogP contribution in [0.5, 0.6) is 11.5 Å². The van der Waals surface area contributed by atoms with Gasteiger partial charge in [0, 0.05) is 12.6 Å². The minimum atomic E-state index is -0.144. The first-order chi connectivity index (χ1) is 6.81. The van der Waals surface area contributed by atoms with Crippen molar-refractivity contribution in [3.8, 4) is 11.5 Å². The van der Waals surface area contributed by atoms with Crippen molar-refractivity contribution in [2.24, 2.45) is 5.73 Å². The van der Waals surface area contributed by atoms with Crippen molar-refractivity contribution >= 4 is 0 Å². The number of rotatable bonds is 3. The summed E-state index contributed by atoms with van der Waals surface area (Å²) in [5.41, 5.74) is 6.80. The number of nitrogens with two attached hydrogens (primary N) is 1. The third-order valence-electron chi connectivity index (χ3n) is 2.26. The average Bonchev–Trinajstić information content (AvgIpc) is 2.64. The van der Waals surface area contributed by atoms with E-state index in [1.54, 1.807) is 0 Å². The molecule has 0 spiro atoms. The summed E-state index contributed by atoms with van der Waals surface area (Å²) in [5, 5.41) is 8.76. The zero-order valence-electron chi connectivity index (χ0n) is 7.77. The first-order valence-electron chi connectivity index (χ1n) is 4.57. The van der Waals surface area contributed by atoms with Crippen LogP contribution in [0.25, 0.3) is 0 Å². The average molecular weight is 195 g/mol. The van der Waals surface area contributed by atoms with Gasteiger partial charge in [0.2, 0.25) is 6.79 Å². The molecule has 76 valence electrons.